The molecule has 0 spiro atoms. The zero-order chi connectivity index (χ0) is 17.9. The monoisotopic (exact) mass is 345 g/mol. The Hall–Kier alpha value is -3.48. The standard InChI is InChI=1S/C19H19N7/c1-13(15-7-3-5-10-22-15)23-18-17-16(24-19(20)25-18)8-11-26(17)12-14-6-2-4-9-21-14/h2-11,13H,12H2,1H3,(H3,20,23,24,25)/t13-/m1/s1. The summed E-state index contributed by atoms with van der Waals surface area (Å²) < 4.78 is 2.07. The van der Waals surface area contributed by atoms with E-state index in [0.717, 1.165) is 22.4 Å². The summed E-state index contributed by atoms with van der Waals surface area (Å²) in [5.41, 5.74) is 9.49. The van der Waals surface area contributed by atoms with Gasteiger partial charge in [-0.15, -0.1) is 0 Å². The summed E-state index contributed by atoms with van der Waals surface area (Å²) in [5, 5.41) is 3.42. The van der Waals surface area contributed by atoms with E-state index >= 15 is 0 Å². The molecule has 7 nitrogen and oxygen atoms in total. The van der Waals surface area contributed by atoms with Crippen molar-refractivity contribution in [2.24, 2.45) is 0 Å². The Morgan fingerprint density at radius 1 is 1.04 bits per heavy atom. The van der Waals surface area contributed by atoms with Gasteiger partial charge in [-0.1, -0.05) is 12.1 Å². The minimum Gasteiger partial charge on any atom is -0.368 e. The third kappa shape index (κ3) is 3.19. The average molecular weight is 345 g/mol. The summed E-state index contributed by atoms with van der Waals surface area (Å²) in [5.74, 6) is 0.926. The molecule has 0 saturated carbocycles. The Balaban J connectivity index is 1.72. The number of aromatic nitrogens is 5. The van der Waals surface area contributed by atoms with Crippen molar-refractivity contribution in [1.82, 2.24) is 24.5 Å². The lowest BCUT2D eigenvalue weighted by molar-refractivity contribution is 0.797. The Morgan fingerprint density at radius 2 is 1.85 bits per heavy atom. The molecule has 0 bridgehead atoms. The van der Waals surface area contributed by atoms with Gasteiger partial charge in [0, 0.05) is 18.6 Å². The van der Waals surface area contributed by atoms with E-state index in [1.165, 1.54) is 0 Å². The van der Waals surface area contributed by atoms with E-state index in [-0.39, 0.29) is 12.0 Å². The van der Waals surface area contributed by atoms with E-state index in [1.807, 2.05) is 55.6 Å². The van der Waals surface area contributed by atoms with Crippen LogP contribution in [0.2, 0.25) is 0 Å². The van der Waals surface area contributed by atoms with Crippen molar-refractivity contribution in [3.63, 3.8) is 0 Å². The Morgan fingerprint density at radius 3 is 2.58 bits per heavy atom. The topological polar surface area (TPSA) is 94.5 Å². The molecule has 0 aromatic carbocycles. The lowest BCUT2D eigenvalue weighted by Gasteiger charge is -2.16. The predicted molar refractivity (Wildman–Crippen MR) is 102 cm³/mol. The number of fused-ring (bicyclic) bond motifs is 1. The zero-order valence-electron chi connectivity index (χ0n) is 14.4. The highest BCUT2D eigenvalue weighted by molar-refractivity contribution is 5.87. The third-order valence-electron chi connectivity index (χ3n) is 4.17. The quantitative estimate of drug-likeness (QED) is 0.577. The lowest BCUT2D eigenvalue weighted by Crippen LogP contribution is -2.12. The first kappa shape index (κ1) is 16.0. The fraction of sp³-hybridized carbons (Fsp3) is 0.158. The molecule has 1 atom stereocenters. The maximum atomic E-state index is 5.90. The fourth-order valence-electron chi connectivity index (χ4n) is 2.93. The van der Waals surface area contributed by atoms with Crippen LogP contribution >= 0.6 is 0 Å². The number of rotatable bonds is 5. The summed E-state index contributed by atoms with van der Waals surface area (Å²) in [7, 11) is 0. The maximum Gasteiger partial charge on any atom is 0.222 e. The molecule has 0 radical (unpaired) electrons. The molecule has 0 unspecified atom stereocenters. The molecule has 0 amide bonds. The molecule has 4 heterocycles. The molecule has 0 fully saturated rings. The van der Waals surface area contributed by atoms with E-state index in [0.29, 0.717) is 12.4 Å². The molecule has 0 aliphatic heterocycles. The number of hydrogen-bond acceptors (Lipinski definition) is 6. The normalized spacial score (nSPS) is 12.2. The molecule has 0 saturated heterocycles. The summed E-state index contributed by atoms with van der Waals surface area (Å²) in [6, 6.07) is 13.6. The van der Waals surface area contributed by atoms with Gasteiger partial charge in [0.2, 0.25) is 5.95 Å². The second kappa shape index (κ2) is 6.79. The van der Waals surface area contributed by atoms with Gasteiger partial charge in [-0.3, -0.25) is 9.97 Å². The van der Waals surface area contributed by atoms with E-state index in [1.54, 1.807) is 12.4 Å². The molecule has 26 heavy (non-hydrogen) atoms. The second-order valence-electron chi connectivity index (χ2n) is 6.05. The van der Waals surface area contributed by atoms with Gasteiger partial charge in [0.1, 0.15) is 5.52 Å². The number of nitrogens with two attached hydrogens (primary N) is 1. The Labute approximate surface area is 151 Å². The first-order valence-electron chi connectivity index (χ1n) is 8.40. The number of anilines is 2. The minimum absolute atomic E-state index is 0.0214. The van der Waals surface area contributed by atoms with Gasteiger partial charge in [0.15, 0.2) is 5.82 Å². The van der Waals surface area contributed by atoms with Crippen LogP contribution in [-0.4, -0.2) is 24.5 Å². The Kier molecular flexibility index (Phi) is 4.18. The van der Waals surface area contributed by atoms with Gasteiger partial charge in [-0.2, -0.15) is 4.98 Å². The smallest absolute Gasteiger partial charge is 0.222 e. The summed E-state index contributed by atoms with van der Waals surface area (Å²) in [6.45, 7) is 2.67. The van der Waals surface area contributed by atoms with Crippen LogP contribution in [0.1, 0.15) is 24.4 Å². The average Bonchev–Trinajstić information content (AvgIpc) is 3.06. The Bertz CT molecular complexity index is 1010. The molecular formula is C19H19N7. The highest BCUT2D eigenvalue weighted by atomic mass is 15.1. The van der Waals surface area contributed by atoms with E-state index in [9.17, 15) is 0 Å². The summed E-state index contributed by atoms with van der Waals surface area (Å²) >= 11 is 0. The largest absolute Gasteiger partial charge is 0.368 e. The van der Waals surface area contributed by atoms with Gasteiger partial charge in [-0.25, -0.2) is 4.98 Å². The van der Waals surface area contributed by atoms with Gasteiger partial charge in [0.05, 0.1) is 29.5 Å². The number of hydrogen-bond donors (Lipinski definition) is 2. The van der Waals surface area contributed by atoms with Crippen molar-refractivity contribution in [2.75, 3.05) is 11.1 Å². The maximum absolute atomic E-state index is 5.90. The first-order valence-corrected chi connectivity index (χ1v) is 8.40. The van der Waals surface area contributed by atoms with Gasteiger partial charge in [0.25, 0.3) is 0 Å². The molecule has 4 aromatic heterocycles. The zero-order valence-corrected chi connectivity index (χ0v) is 14.4. The van der Waals surface area contributed by atoms with Crippen molar-refractivity contribution in [3.05, 3.63) is 72.4 Å². The summed E-state index contributed by atoms with van der Waals surface area (Å²) in [6.07, 6.45) is 5.54. The van der Waals surface area contributed by atoms with Crippen LogP contribution in [0.3, 0.4) is 0 Å². The predicted octanol–water partition coefficient (Wildman–Crippen LogP) is 3.02. The molecule has 4 aromatic rings. The van der Waals surface area contributed by atoms with Crippen molar-refractivity contribution < 1.29 is 0 Å². The number of pyridine rings is 2. The molecule has 7 heteroatoms. The molecule has 0 aliphatic rings. The first-order chi connectivity index (χ1) is 12.7. The van der Waals surface area contributed by atoms with Crippen LogP contribution in [0, 0.1) is 0 Å². The highest BCUT2D eigenvalue weighted by Gasteiger charge is 2.15. The number of nitrogens with one attached hydrogen (secondary N) is 1. The minimum atomic E-state index is -0.0214. The van der Waals surface area contributed by atoms with Crippen molar-refractivity contribution in [2.45, 2.75) is 19.5 Å². The number of nitrogens with zero attached hydrogens (tertiary/aromatic N) is 5. The van der Waals surface area contributed by atoms with Gasteiger partial charge < -0.3 is 15.6 Å². The van der Waals surface area contributed by atoms with Crippen LogP contribution in [0.4, 0.5) is 11.8 Å². The number of nitrogen functional groups attached to an aromatic ring is 1. The molecule has 130 valence electrons. The molecule has 0 aliphatic carbocycles. The van der Waals surface area contributed by atoms with E-state index in [2.05, 4.69) is 29.8 Å². The van der Waals surface area contributed by atoms with Crippen LogP contribution in [0.25, 0.3) is 11.0 Å². The van der Waals surface area contributed by atoms with Crippen molar-refractivity contribution in [3.8, 4) is 0 Å². The van der Waals surface area contributed by atoms with Crippen molar-refractivity contribution >= 4 is 22.8 Å². The van der Waals surface area contributed by atoms with Gasteiger partial charge >= 0.3 is 0 Å². The van der Waals surface area contributed by atoms with Crippen LogP contribution in [0.5, 0.6) is 0 Å². The van der Waals surface area contributed by atoms with Crippen molar-refractivity contribution in [1.29, 1.82) is 0 Å². The highest BCUT2D eigenvalue weighted by Crippen LogP contribution is 2.26. The van der Waals surface area contributed by atoms with Crippen LogP contribution < -0.4 is 11.1 Å². The van der Waals surface area contributed by atoms with E-state index < -0.39 is 0 Å². The molecule has 4 rings (SSSR count). The van der Waals surface area contributed by atoms with Crippen LogP contribution in [0.15, 0.2) is 61.1 Å². The van der Waals surface area contributed by atoms with Crippen LogP contribution in [-0.2, 0) is 6.54 Å². The third-order valence-corrected chi connectivity index (χ3v) is 4.17. The lowest BCUT2D eigenvalue weighted by atomic mass is 10.2. The second-order valence-corrected chi connectivity index (χ2v) is 6.05. The van der Waals surface area contributed by atoms with E-state index in [4.69, 9.17) is 5.73 Å². The molecular weight excluding hydrogens is 326 g/mol. The SMILES string of the molecule is C[C@@H](Nc1nc(N)nc2ccn(Cc3ccccn3)c12)c1ccccn1. The fourth-order valence-corrected chi connectivity index (χ4v) is 2.93. The summed E-state index contributed by atoms with van der Waals surface area (Å²) in [4.78, 5) is 17.6. The van der Waals surface area contributed by atoms with Gasteiger partial charge in [-0.05, 0) is 37.3 Å². The molecule has 3 N–H and O–H groups in total.